The highest BCUT2D eigenvalue weighted by molar-refractivity contribution is 9.10. The lowest BCUT2D eigenvalue weighted by Gasteiger charge is -2.07. The van der Waals surface area contributed by atoms with Crippen molar-refractivity contribution in [2.45, 2.75) is 20.0 Å². The molecule has 2 rings (SSSR count). The first kappa shape index (κ1) is 12.1. The predicted molar refractivity (Wildman–Crippen MR) is 72.1 cm³/mol. The lowest BCUT2D eigenvalue weighted by atomic mass is 10.2. The Balaban J connectivity index is 2.02. The maximum Gasteiger partial charge on any atom is 0.120 e. The molecule has 0 fully saturated rings. The van der Waals surface area contributed by atoms with E-state index in [1.54, 1.807) is 6.20 Å². The number of aromatic nitrogens is 1. The van der Waals surface area contributed by atoms with Crippen LogP contribution >= 0.6 is 15.9 Å². The molecule has 0 aliphatic heterocycles. The quantitative estimate of drug-likeness (QED) is 0.850. The Morgan fingerprint density at radius 2 is 2.06 bits per heavy atom. The molecule has 0 aliphatic carbocycles. The maximum atomic E-state index is 5.73. The summed E-state index contributed by atoms with van der Waals surface area (Å²) in [5.41, 5.74) is 2.34. The van der Waals surface area contributed by atoms with Crippen molar-refractivity contribution in [2.75, 3.05) is 0 Å². The largest absolute Gasteiger partial charge is 0.489 e. The van der Waals surface area contributed by atoms with Crippen LogP contribution in [0.15, 0.2) is 47.2 Å². The number of ether oxygens (including phenoxy) is 1. The molecule has 1 heterocycles. The number of rotatable bonds is 4. The van der Waals surface area contributed by atoms with Crippen LogP contribution in [-0.2, 0) is 13.0 Å². The second-order valence-corrected chi connectivity index (χ2v) is 4.72. The monoisotopic (exact) mass is 291 g/mol. The van der Waals surface area contributed by atoms with Crippen LogP contribution in [0.25, 0.3) is 0 Å². The van der Waals surface area contributed by atoms with E-state index < -0.39 is 0 Å². The molecule has 2 aromatic rings. The predicted octanol–water partition coefficient (Wildman–Crippen LogP) is 3.99. The molecule has 88 valence electrons. The summed E-state index contributed by atoms with van der Waals surface area (Å²) in [4.78, 5) is 4.10. The van der Waals surface area contributed by atoms with Crippen LogP contribution < -0.4 is 4.74 Å². The minimum Gasteiger partial charge on any atom is -0.489 e. The summed E-state index contributed by atoms with van der Waals surface area (Å²) < 4.78 is 6.70. The first-order valence-corrected chi connectivity index (χ1v) is 6.38. The molecule has 0 unspecified atom stereocenters. The minimum absolute atomic E-state index is 0.541. The van der Waals surface area contributed by atoms with Gasteiger partial charge in [-0.05, 0) is 46.1 Å². The van der Waals surface area contributed by atoms with Crippen LogP contribution in [-0.4, -0.2) is 4.98 Å². The molecule has 3 heteroatoms. The highest BCUT2D eigenvalue weighted by atomic mass is 79.9. The van der Waals surface area contributed by atoms with Gasteiger partial charge in [0.15, 0.2) is 0 Å². The van der Waals surface area contributed by atoms with Gasteiger partial charge in [-0.15, -0.1) is 0 Å². The fourth-order valence-corrected chi connectivity index (χ4v) is 1.97. The van der Waals surface area contributed by atoms with Gasteiger partial charge in [-0.25, -0.2) is 0 Å². The lowest BCUT2D eigenvalue weighted by Crippen LogP contribution is -1.96. The molecule has 2 nitrogen and oxygen atoms in total. The molecule has 0 saturated carbocycles. The molecule has 0 N–H and O–H groups in total. The number of hydrogen-bond acceptors (Lipinski definition) is 2. The summed E-state index contributed by atoms with van der Waals surface area (Å²) in [5, 5.41) is 0. The van der Waals surface area contributed by atoms with Gasteiger partial charge in [-0.1, -0.05) is 19.1 Å². The molecular formula is C14H14BrNO. The van der Waals surface area contributed by atoms with Crippen molar-refractivity contribution >= 4 is 15.9 Å². The zero-order valence-corrected chi connectivity index (χ0v) is 11.3. The van der Waals surface area contributed by atoms with Crippen molar-refractivity contribution in [3.63, 3.8) is 0 Å². The summed E-state index contributed by atoms with van der Waals surface area (Å²) >= 11 is 3.39. The number of halogens is 1. The summed E-state index contributed by atoms with van der Waals surface area (Å²) in [7, 11) is 0. The Morgan fingerprint density at radius 3 is 2.82 bits per heavy atom. The summed E-state index contributed by atoms with van der Waals surface area (Å²) in [5.74, 6) is 0.907. The van der Waals surface area contributed by atoms with E-state index >= 15 is 0 Å². The third-order valence-electron chi connectivity index (χ3n) is 2.47. The summed E-state index contributed by atoms with van der Waals surface area (Å²) in [6, 6.07) is 10.2. The Kier molecular flexibility index (Phi) is 4.15. The van der Waals surface area contributed by atoms with Crippen molar-refractivity contribution in [3.8, 4) is 5.75 Å². The van der Waals surface area contributed by atoms with Crippen LogP contribution in [0.2, 0.25) is 0 Å². The topological polar surface area (TPSA) is 22.1 Å². The number of nitrogens with zero attached hydrogens (tertiary/aromatic N) is 1. The van der Waals surface area contributed by atoms with Gasteiger partial charge < -0.3 is 4.74 Å². The Labute approximate surface area is 110 Å². The van der Waals surface area contributed by atoms with E-state index in [1.807, 2.05) is 24.4 Å². The van der Waals surface area contributed by atoms with Gasteiger partial charge in [0, 0.05) is 22.4 Å². The average molecular weight is 292 g/mol. The summed E-state index contributed by atoms with van der Waals surface area (Å²) in [6.07, 6.45) is 4.60. The van der Waals surface area contributed by atoms with Crippen LogP contribution in [0.5, 0.6) is 5.75 Å². The van der Waals surface area contributed by atoms with Gasteiger partial charge in [0.2, 0.25) is 0 Å². The van der Waals surface area contributed by atoms with E-state index in [0.29, 0.717) is 6.61 Å². The molecule has 0 bridgehead atoms. The number of benzene rings is 1. The lowest BCUT2D eigenvalue weighted by molar-refractivity contribution is 0.305. The molecule has 0 aliphatic rings. The third kappa shape index (κ3) is 3.56. The normalized spacial score (nSPS) is 10.2. The van der Waals surface area contributed by atoms with Gasteiger partial charge in [-0.2, -0.15) is 0 Å². The molecule has 0 radical (unpaired) electrons. The zero-order valence-electron chi connectivity index (χ0n) is 9.69. The molecular weight excluding hydrogens is 278 g/mol. The smallest absolute Gasteiger partial charge is 0.120 e. The minimum atomic E-state index is 0.541. The van der Waals surface area contributed by atoms with Crippen molar-refractivity contribution < 1.29 is 4.74 Å². The standard InChI is InChI=1S/C14H14BrNO/c1-2-11-4-3-5-14(7-11)17-10-12-6-13(15)9-16-8-12/h3-9H,2,10H2,1H3. The highest BCUT2D eigenvalue weighted by Gasteiger charge is 1.98. The van der Waals surface area contributed by atoms with Gasteiger partial charge in [-0.3, -0.25) is 4.98 Å². The SMILES string of the molecule is CCc1cccc(OCc2cncc(Br)c2)c1. The van der Waals surface area contributed by atoms with E-state index in [-0.39, 0.29) is 0 Å². The van der Waals surface area contributed by atoms with Gasteiger partial charge in [0.1, 0.15) is 12.4 Å². The summed E-state index contributed by atoms with van der Waals surface area (Å²) in [6.45, 7) is 2.68. The van der Waals surface area contributed by atoms with Crippen LogP contribution in [0.1, 0.15) is 18.1 Å². The van der Waals surface area contributed by atoms with Gasteiger partial charge in [0.05, 0.1) is 0 Å². The highest BCUT2D eigenvalue weighted by Crippen LogP contribution is 2.16. The first-order valence-electron chi connectivity index (χ1n) is 5.59. The van der Waals surface area contributed by atoms with Crippen molar-refractivity contribution in [3.05, 3.63) is 58.3 Å². The fraction of sp³-hybridized carbons (Fsp3) is 0.214. The Morgan fingerprint density at radius 1 is 1.18 bits per heavy atom. The number of hydrogen-bond donors (Lipinski definition) is 0. The Bertz CT molecular complexity index is 499. The van der Waals surface area contributed by atoms with E-state index in [1.165, 1.54) is 5.56 Å². The zero-order chi connectivity index (χ0) is 12.1. The molecule has 0 atom stereocenters. The Hall–Kier alpha value is -1.35. The van der Waals surface area contributed by atoms with E-state index in [2.05, 4.69) is 40.0 Å². The molecule has 1 aromatic carbocycles. The van der Waals surface area contributed by atoms with Gasteiger partial charge in [0.25, 0.3) is 0 Å². The maximum absolute atomic E-state index is 5.73. The molecule has 1 aromatic heterocycles. The van der Waals surface area contributed by atoms with Crippen LogP contribution in [0.4, 0.5) is 0 Å². The molecule has 0 saturated heterocycles. The molecule has 0 spiro atoms. The number of pyridine rings is 1. The number of aryl methyl sites for hydroxylation is 1. The van der Waals surface area contributed by atoms with Crippen molar-refractivity contribution in [1.82, 2.24) is 4.98 Å². The fourth-order valence-electron chi connectivity index (χ4n) is 1.56. The van der Waals surface area contributed by atoms with Gasteiger partial charge >= 0.3 is 0 Å². The third-order valence-corrected chi connectivity index (χ3v) is 2.91. The van der Waals surface area contributed by atoms with Crippen molar-refractivity contribution in [2.24, 2.45) is 0 Å². The second-order valence-electron chi connectivity index (χ2n) is 3.80. The average Bonchev–Trinajstić information content (AvgIpc) is 2.37. The van der Waals surface area contributed by atoms with E-state index in [4.69, 9.17) is 4.74 Å². The van der Waals surface area contributed by atoms with Crippen LogP contribution in [0, 0.1) is 0 Å². The van der Waals surface area contributed by atoms with Crippen molar-refractivity contribution in [1.29, 1.82) is 0 Å². The molecule has 17 heavy (non-hydrogen) atoms. The van der Waals surface area contributed by atoms with E-state index in [9.17, 15) is 0 Å². The van der Waals surface area contributed by atoms with Crippen LogP contribution in [0.3, 0.4) is 0 Å². The first-order chi connectivity index (χ1) is 8.28. The second kappa shape index (κ2) is 5.82. The van der Waals surface area contributed by atoms with E-state index in [0.717, 1.165) is 22.2 Å². The molecule has 0 amide bonds.